The van der Waals surface area contributed by atoms with Gasteiger partial charge in [-0.1, -0.05) is 35.0 Å². The number of aryl methyl sites for hydroxylation is 1. The molecular formula is C22H22N2O4. The minimum absolute atomic E-state index is 0.166. The van der Waals surface area contributed by atoms with E-state index in [2.05, 4.69) is 5.16 Å². The fourth-order valence-electron chi connectivity index (χ4n) is 3.50. The third-order valence-corrected chi connectivity index (χ3v) is 5.23. The molecule has 0 radical (unpaired) electrons. The molecule has 0 aliphatic carbocycles. The monoisotopic (exact) mass is 378 g/mol. The van der Waals surface area contributed by atoms with Gasteiger partial charge in [0.1, 0.15) is 17.0 Å². The number of nitrogens with zero attached hydrogens (tertiary/aromatic N) is 2. The topological polar surface area (TPSA) is 75.8 Å². The van der Waals surface area contributed by atoms with Crippen LogP contribution >= 0.6 is 0 Å². The molecule has 1 atom stereocenters. The zero-order valence-corrected chi connectivity index (χ0v) is 15.9. The van der Waals surface area contributed by atoms with E-state index < -0.39 is 5.60 Å². The molecule has 6 nitrogen and oxygen atoms in total. The molecule has 1 fully saturated rings. The average Bonchev–Trinajstić information content (AvgIpc) is 3.36. The summed E-state index contributed by atoms with van der Waals surface area (Å²) in [4.78, 5) is 14.4. The van der Waals surface area contributed by atoms with E-state index in [1.54, 1.807) is 18.1 Å². The summed E-state index contributed by atoms with van der Waals surface area (Å²) in [5, 5.41) is 15.0. The number of β-amino-alcohol motifs (C(OH)–C–C–N with tert-alkyl or cyclic N) is 1. The molecule has 2 heterocycles. The van der Waals surface area contributed by atoms with E-state index in [1.807, 2.05) is 55.5 Å². The van der Waals surface area contributed by atoms with E-state index in [1.165, 1.54) is 0 Å². The maximum absolute atomic E-state index is 12.8. The molecule has 144 valence electrons. The van der Waals surface area contributed by atoms with Gasteiger partial charge in [0.2, 0.25) is 5.76 Å². The number of methoxy groups -OCH3 is 1. The summed E-state index contributed by atoms with van der Waals surface area (Å²) in [7, 11) is 1.61. The average molecular weight is 378 g/mol. The van der Waals surface area contributed by atoms with Crippen LogP contribution in [0.25, 0.3) is 11.3 Å². The van der Waals surface area contributed by atoms with Gasteiger partial charge in [0.05, 0.1) is 13.7 Å². The Kier molecular flexibility index (Phi) is 4.65. The van der Waals surface area contributed by atoms with E-state index in [0.717, 1.165) is 22.4 Å². The number of aromatic nitrogens is 1. The van der Waals surface area contributed by atoms with Crippen molar-refractivity contribution in [2.24, 2.45) is 0 Å². The molecule has 2 aromatic carbocycles. The van der Waals surface area contributed by atoms with Crippen molar-refractivity contribution in [1.29, 1.82) is 0 Å². The van der Waals surface area contributed by atoms with Crippen molar-refractivity contribution in [2.75, 3.05) is 20.2 Å². The smallest absolute Gasteiger partial charge is 0.292 e. The molecule has 4 rings (SSSR count). The highest BCUT2D eigenvalue weighted by molar-refractivity contribution is 5.92. The van der Waals surface area contributed by atoms with Gasteiger partial charge < -0.3 is 19.3 Å². The standard InChI is InChI=1S/C22H22N2O4/c1-15-3-7-17(8-4-15)22(26)11-12-24(14-22)21(25)20-13-19(23-28-20)16-5-9-18(27-2)10-6-16/h3-10,13,26H,11-12,14H2,1-2H3/t22-/m1/s1. The van der Waals surface area contributed by atoms with Gasteiger partial charge in [-0.25, -0.2) is 0 Å². The Hall–Kier alpha value is -3.12. The van der Waals surface area contributed by atoms with Crippen LogP contribution in [0.15, 0.2) is 59.1 Å². The first-order chi connectivity index (χ1) is 13.5. The molecule has 0 spiro atoms. The van der Waals surface area contributed by atoms with Gasteiger partial charge in [0.25, 0.3) is 5.91 Å². The van der Waals surface area contributed by atoms with Gasteiger partial charge in [0.15, 0.2) is 0 Å². The van der Waals surface area contributed by atoms with Crippen molar-refractivity contribution >= 4 is 5.91 Å². The van der Waals surface area contributed by atoms with Crippen molar-refractivity contribution in [3.8, 4) is 17.0 Å². The number of likely N-dealkylation sites (tertiary alicyclic amines) is 1. The highest BCUT2D eigenvalue weighted by atomic mass is 16.5. The summed E-state index contributed by atoms with van der Waals surface area (Å²) in [5.41, 5.74) is 2.33. The minimum atomic E-state index is -1.04. The highest BCUT2D eigenvalue weighted by Crippen LogP contribution is 2.33. The Labute approximate surface area is 163 Å². The third-order valence-electron chi connectivity index (χ3n) is 5.23. The van der Waals surface area contributed by atoms with Crippen LogP contribution in [0, 0.1) is 6.92 Å². The summed E-state index contributed by atoms with van der Waals surface area (Å²) in [6, 6.07) is 16.8. The first-order valence-corrected chi connectivity index (χ1v) is 9.18. The minimum Gasteiger partial charge on any atom is -0.497 e. The highest BCUT2D eigenvalue weighted by Gasteiger charge is 2.40. The molecule has 1 N–H and O–H groups in total. The molecule has 3 aromatic rings. The number of amides is 1. The summed E-state index contributed by atoms with van der Waals surface area (Å²) >= 11 is 0. The van der Waals surface area contributed by atoms with E-state index in [0.29, 0.717) is 18.7 Å². The van der Waals surface area contributed by atoms with Gasteiger partial charge in [0, 0.05) is 18.2 Å². The van der Waals surface area contributed by atoms with E-state index in [9.17, 15) is 9.90 Å². The Bertz CT molecular complexity index is 979. The number of ether oxygens (including phenoxy) is 1. The maximum Gasteiger partial charge on any atom is 0.292 e. The van der Waals surface area contributed by atoms with Crippen LogP contribution in [0.2, 0.25) is 0 Å². The second-order valence-electron chi connectivity index (χ2n) is 7.18. The Morgan fingerprint density at radius 2 is 1.89 bits per heavy atom. The SMILES string of the molecule is COc1ccc(-c2cc(C(=O)N3CC[C@](O)(c4ccc(C)cc4)C3)on2)cc1. The summed E-state index contributed by atoms with van der Waals surface area (Å²) < 4.78 is 10.4. The van der Waals surface area contributed by atoms with Crippen molar-refractivity contribution in [1.82, 2.24) is 10.1 Å². The molecular weight excluding hydrogens is 356 g/mol. The Morgan fingerprint density at radius 1 is 1.18 bits per heavy atom. The van der Waals surface area contributed by atoms with Crippen molar-refractivity contribution < 1.29 is 19.2 Å². The quantitative estimate of drug-likeness (QED) is 0.753. The van der Waals surface area contributed by atoms with Gasteiger partial charge in [-0.15, -0.1) is 0 Å². The predicted octanol–water partition coefficient (Wildman–Crippen LogP) is 3.39. The first-order valence-electron chi connectivity index (χ1n) is 9.18. The van der Waals surface area contributed by atoms with Crippen molar-refractivity contribution in [2.45, 2.75) is 18.9 Å². The molecule has 0 unspecified atom stereocenters. The van der Waals surface area contributed by atoms with Crippen LogP contribution < -0.4 is 4.74 Å². The fraction of sp³-hybridized carbons (Fsp3) is 0.273. The zero-order valence-electron chi connectivity index (χ0n) is 15.9. The lowest BCUT2D eigenvalue weighted by Gasteiger charge is -2.23. The second kappa shape index (κ2) is 7.13. The number of carbonyl (C=O) groups is 1. The first kappa shape index (κ1) is 18.3. The van der Waals surface area contributed by atoms with Gasteiger partial charge >= 0.3 is 0 Å². The molecule has 6 heteroatoms. The van der Waals surface area contributed by atoms with E-state index in [4.69, 9.17) is 9.26 Å². The molecule has 0 saturated carbocycles. The third kappa shape index (κ3) is 3.39. The largest absolute Gasteiger partial charge is 0.497 e. The van der Waals surface area contributed by atoms with Crippen LogP contribution in [-0.4, -0.2) is 41.3 Å². The fourth-order valence-corrected chi connectivity index (χ4v) is 3.50. The predicted molar refractivity (Wildman–Crippen MR) is 104 cm³/mol. The molecule has 0 bridgehead atoms. The molecule has 1 amide bonds. The maximum atomic E-state index is 12.8. The molecule has 1 saturated heterocycles. The van der Waals surface area contributed by atoms with Crippen LogP contribution in [0.5, 0.6) is 5.75 Å². The van der Waals surface area contributed by atoms with Crippen molar-refractivity contribution in [3.05, 3.63) is 71.5 Å². The van der Waals surface area contributed by atoms with Crippen LogP contribution in [0.1, 0.15) is 28.1 Å². The summed E-state index contributed by atoms with van der Waals surface area (Å²) in [5.74, 6) is 0.644. The second-order valence-corrected chi connectivity index (χ2v) is 7.18. The number of carbonyl (C=O) groups excluding carboxylic acids is 1. The molecule has 28 heavy (non-hydrogen) atoms. The molecule has 1 aliphatic rings. The van der Waals surface area contributed by atoms with Crippen LogP contribution in [0.4, 0.5) is 0 Å². The zero-order chi connectivity index (χ0) is 19.7. The van der Waals surface area contributed by atoms with E-state index in [-0.39, 0.29) is 18.2 Å². The number of benzene rings is 2. The Morgan fingerprint density at radius 3 is 2.57 bits per heavy atom. The van der Waals surface area contributed by atoms with Crippen molar-refractivity contribution in [3.63, 3.8) is 0 Å². The lowest BCUT2D eigenvalue weighted by Crippen LogP contribution is -2.34. The van der Waals surface area contributed by atoms with Gasteiger partial charge in [-0.3, -0.25) is 4.79 Å². The Balaban J connectivity index is 1.49. The molecule has 1 aliphatic heterocycles. The normalized spacial score (nSPS) is 19.0. The number of hydrogen-bond donors (Lipinski definition) is 1. The summed E-state index contributed by atoms with van der Waals surface area (Å²) in [6.45, 7) is 2.69. The van der Waals surface area contributed by atoms with E-state index >= 15 is 0 Å². The number of rotatable bonds is 4. The summed E-state index contributed by atoms with van der Waals surface area (Å²) in [6.07, 6.45) is 0.487. The lowest BCUT2D eigenvalue weighted by atomic mass is 9.92. The van der Waals surface area contributed by atoms with Gasteiger partial charge in [-0.05, 0) is 43.2 Å². The van der Waals surface area contributed by atoms with Gasteiger partial charge in [-0.2, -0.15) is 0 Å². The number of aliphatic hydroxyl groups is 1. The van der Waals surface area contributed by atoms with Crippen LogP contribution in [0.3, 0.4) is 0 Å². The van der Waals surface area contributed by atoms with Crippen LogP contribution in [-0.2, 0) is 5.60 Å². The lowest BCUT2D eigenvalue weighted by molar-refractivity contribution is 0.0404. The molecule has 1 aromatic heterocycles. The number of hydrogen-bond acceptors (Lipinski definition) is 5.